The summed E-state index contributed by atoms with van der Waals surface area (Å²) in [6.07, 6.45) is 1.99. The molecule has 2 atom stereocenters. The summed E-state index contributed by atoms with van der Waals surface area (Å²) in [5, 5.41) is 12.8. The summed E-state index contributed by atoms with van der Waals surface area (Å²) in [6.45, 7) is 1.83. The van der Waals surface area contributed by atoms with Gasteiger partial charge in [-0.3, -0.25) is 4.79 Å². The number of benzene rings is 3. The molecule has 0 saturated heterocycles. The first-order valence-corrected chi connectivity index (χ1v) is 14.9. The highest BCUT2D eigenvalue weighted by atomic mass is 32.1. The number of aliphatic carboxylic acids is 1. The average molecular weight is 608 g/mol. The van der Waals surface area contributed by atoms with Crippen LogP contribution in [0.15, 0.2) is 60.7 Å². The van der Waals surface area contributed by atoms with Crippen molar-refractivity contribution < 1.29 is 31.9 Å². The second-order valence-corrected chi connectivity index (χ2v) is 11.8. The van der Waals surface area contributed by atoms with E-state index in [1.54, 1.807) is 6.07 Å². The quantitative estimate of drug-likeness (QED) is 0.0863. The summed E-state index contributed by atoms with van der Waals surface area (Å²) in [5.74, 6) is -3.24. The Balaban J connectivity index is 1.67. The molecule has 3 nitrogen and oxygen atoms in total. The summed E-state index contributed by atoms with van der Waals surface area (Å²) in [4.78, 5) is 12.1. The highest BCUT2D eigenvalue weighted by molar-refractivity contribution is 7.80. The Morgan fingerprint density at radius 1 is 0.810 bits per heavy atom. The zero-order valence-electron chi connectivity index (χ0n) is 23.7. The number of carbonyl (C=O) groups is 1. The highest BCUT2D eigenvalue weighted by Crippen LogP contribution is 2.33. The largest absolute Gasteiger partial charge is 0.481 e. The molecule has 0 fully saturated rings. The van der Waals surface area contributed by atoms with E-state index in [4.69, 9.17) is 0 Å². The molecule has 0 amide bonds. The number of carboxylic acids is 1. The lowest BCUT2D eigenvalue weighted by Crippen LogP contribution is -2.15. The summed E-state index contributed by atoms with van der Waals surface area (Å²) in [6, 6.07) is 16.4. The number of hydrogen-bond donors (Lipinski definition) is 3. The van der Waals surface area contributed by atoms with Gasteiger partial charge in [0.15, 0.2) is 0 Å². The van der Waals surface area contributed by atoms with Crippen molar-refractivity contribution in [3.63, 3.8) is 0 Å². The molecular weight excluding hydrogens is 569 g/mol. The number of nitrogens with one attached hydrogen (secondary N) is 1. The molecule has 0 bridgehead atoms. The Bertz CT molecular complexity index is 1270. The third-order valence-corrected chi connectivity index (χ3v) is 7.31. The van der Waals surface area contributed by atoms with Crippen LogP contribution in [0.5, 0.6) is 0 Å². The summed E-state index contributed by atoms with van der Waals surface area (Å²) < 4.78 is 64.2. The molecule has 3 aromatic rings. The molecule has 0 spiro atoms. The van der Waals surface area contributed by atoms with E-state index in [0.29, 0.717) is 24.1 Å². The van der Waals surface area contributed by atoms with Crippen molar-refractivity contribution in [3.8, 4) is 11.1 Å². The van der Waals surface area contributed by atoms with E-state index in [9.17, 15) is 31.9 Å². The number of anilines is 2. The van der Waals surface area contributed by atoms with Crippen molar-refractivity contribution in [1.82, 2.24) is 0 Å². The van der Waals surface area contributed by atoms with Crippen LogP contribution < -0.4 is 5.32 Å². The van der Waals surface area contributed by atoms with E-state index < -0.39 is 36.1 Å². The minimum Gasteiger partial charge on any atom is -0.481 e. The van der Waals surface area contributed by atoms with E-state index in [1.165, 1.54) is 12.1 Å². The van der Waals surface area contributed by atoms with Crippen molar-refractivity contribution in [2.45, 2.75) is 88.5 Å². The van der Waals surface area contributed by atoms with Crippen LogP contribution in [0.4, 0.5) is 33.3 Å². The lowest BCUT2D eigenvalue weighted by atomic mass is 9.90. The number of thiol groups is 1. The molecule has 0 aliphatic heterocycles. The standard InChI is InChI=1S/C33H38F5NO2S/c1-22(42)15-31(32(40)41)26-16-25(17-29(18-26)39-30-20-27(34)19-28(35)21-30)24-12-10-23(11-13-24)9-7-5-3-2-4-6-8-14-33(36,37)38/h10-13,16-22,31,39,42H,2-9,14-15H2,1H3,(H,40,41). The fourth-order valence-electron chi connectivity index (χ4n) is 5.01. The van der Waals surface area contributed by atoms with Gasteiger partial charge in [0.25, 0.3) is 0 Å². The van der Waals surface area contributed by atoms with Crippen LogP contribution in [0.2, 0.25) is 0 Å². The Hall–Kier alpha value is -3.07. The van der Waals surface area contributed by atoms with E-state index >= 15 is 0 Å². The van der Waals surface area contributed by atoms with Crippen LogP contribution in [-0.2, 0) is 11.2 Å². The third-order valence-electron chi connectivity index (χ3n) is 7.10. The predicted molar refractivity (Wildman–Crippen MR) is 162 cm³/mol. The van der Waals surface area contributed by atoms with Gasteiger partial charge in [-0.25, -0.2) is 8.78 Å². The number of aryl methyl sites for hydroxylation is 1. The molecule has 0 radical (unpaired) electrons. The van der Waals surface area contributed by atoms with Crippen molar-refractivity contribution in [1.29, 1.82) is 0 Å². The van der Waals surface area contributed by atoms with Crippen molar-refractivity contribution >= 4 is 30.0 Å². The van der Waals surface area contributed by atoms with Crippen LogP contribution in [0.1, 0.15) is 81.8 Å². The Labute approximate surface area is 250 Å². The van der Waals surface area contributed by atoms with Gasteiger partial charge in [-0.15, -0.1) is 0 Å². The molecule has 0 aliphatic rings. The summed E-state index contributed by atoms with van der Waals surface area (Å²) in [5.41, 5.74) is 4.07. The molecule has 3 aromatic carbocycles. The van der Waals surface area contributed by atoms with Gasteiger partial charge >= 0.3 is 12.1 Å². The van der Waals surface area contributed by atoms with Gasteiger partial charge < -0.3 is 10.4 Å². The van der Waals surface area contributed by atoms with E-state index in [1.807, 2.05) is 43.3 Å². The van der Waals surface area contributed by atoms with Crippen molar-refractivity contribution in [2.75, 3.05) is 5.32 Å². The molecule has 0 aliphatic carbocycles. The zero-order valence-corrected chi connectivity index (χ0v) is 24.6. The minimum absolute atomic E-state index is 0.155. The second kappa shape index (κ2) is 16.0. The molecule has 0 heterocycles. The van der Waals surface area contributed by atoms with Crippen molar-refractivity contribution in [3.05, 3.63) is 83.4 Å². The number of unbranched alkanes of at least 4 members (excludes halogenated alkanes) is 6. The minimum atomic E-state index is -4.06. The zero-order chi connectivity index (χ0) is 30.7. The lowest BCUT2D eigenvalue weighted by Gasteiger charge is -2.18. The first-order chi connectivity index (χ1) is 19.9. The molecule has 2 N–H and O–H groups in total. The van der Waals surface area contributed by atoms with Gasteiger partial charge in [-0.1, -0.05) is 69.4 Å². The molecule has 0 saturated carbocycles. The first kappa shape index (κ1) is 33.4. The smallest absolute Gasteiger partial charge is 0.389 e. The second-order valence-electron chi connectivity index (χ2n) is 10.9. The maximum Gasteiger partial charge on any atom is 0.389 e. The highest BCUT2D eigenvalue weighted by Gasteiger charge is 2.25. The van der Waals surface area contributed by atoms with Gasteiger partial charge in [0.2, 0.25) is 0 Å². The SMILES string of the molecule is CC(S)CC(C(=O)O)c1cc(Nc2cc(F)cc(F)c2)cc(-c2ccc(CCCCCCCCCC(F)(F)F)cc2)c1. The number of rotatable bonds is 16. The van der Waals surface area contributed by atoms with E-state index in [0.717, 1.165) is 61.3 Å². The molecule has 3 rings (SSSR count). The summed E-state index contributed by atoms with van der Waals surface area (Å²) in [7, 11) is 0. The summed E-state index contributed by atoms with van der Waals surface area (Å²) >= 11 is 4.39. The van der Waals surface area contributed by atoms with Gasteiger partial charge in [0.1, 0.15) is 11.6 Å². The monoisotopic (exact) mass is 607 g/mol. The van der Waals surface area contributed by atoms with E-state index in [-0.39, 0.29) is 17.4 Å². The number of halogens is 5. The van der Waals surface area contributed by atoms with Gasteiger partial charge in [0, 0.05) is 23.9 Å². The van der Waals surface area contributed by atoms with Crippen LogP contribution >= 0.6 is 12.6 Å². The predicted octanol–water partition coefficient (Wildman–Crippen LogP) is 10.5. The molecule has 0 aromatic heterocycles. The Morgan fingerprint density at radius 3 is 1.95 bits per heavy atom. The topological polar surface area (TPSA) is 49.3 Å². The number of alkyl halides is 3. The first-order valence-electron chi connectivity index (χ1n) is 14.3. The third kappa shape index (κ3) is 11.7. The number of carboxylic acid groups (broad SMARTS) is 1. The Morgan fingerprint density at radius 2 is 1.38 bits per heavy atom. The molecule has 42 heavy (non-hydrogen) atoms. The Kier molecular flexibility index (Phi) is 12.7. The lowest BCUT2D eigenvalue weighted by molar-refractivity contribution is -0.139. The normalized spacial score (nSPS) is 13.1. The number of hydrogen-bond acceptors (Lipinski definition) is 3. The maximum absolute atomic E-state index is 13.8. The van der Waals surface area contributed by atoms with Gasteiger partial charge in [-0.2, -0.15) is 25.8 Å². The van der Waals surface area contributed by atoms with Gasteiger partial charge in [0.05, 0.1) is 5.92 Å². The fraction of sp³-hybridized carbons (Fsp3) is 0.424. The van der Waals surface area contributed by atoms with Crippen LogP contribution in [0, 0.1) is 11.6 Å². The van der Waals surface area contributed by atoms with E-state index in [2.05, 4.69) is 17.9 Å². The fourth-order valence-corrected chi connectivity index (χ4v) is 5.22. The average Bonchev–Trinajstić information content (AvgIpc) is 2.89. The molecule has 228 valence electrons. The molecule has 9 heteroatoms. The van der Waals surface area contributed by atoms with Crippen LogP contribution in [0.3, 0.4) is 0 Å². The molecular formula is C33H38F5NO2S. The van der Waals surface area contributed by atoms with Crippen LogP contribution in [0.25, 0.3) is 11.1 Å². The van der Waals surface area contributed by atoms with Crippen LogP contribution in [-0.4, -0.2) is 22.5 Å². The van der Waals surface area contributed by atoms with Crippen molar-refractivity contribution in [2.24, 2.45) is 0 Å². The maximum atomic E-state index is 13.8. The van der Waals surface area contributed by atoms with Gasteiger partial charge in [-0.05, 0) is 77.5 Å². The molecule has 2 unspecified atom stereocenters.